The first kappa shape index (κ1) is 16.1. The highest BCUT2D eigenvalue weighted by Crippen LogP contribution is 2.19. The van der Waals surface area contributed by atoms with Gasteiger partial charge in [0.25, 0.3) is 0 Å². The maximum Gasteiger partial charge on any atom is 0.229 e. The van der Waals surface area contributed by atoms with E-state index in [0.29, 0.717) is 18.8 Å². The molecule has 1 amide bonds. The molecule has 4 heteroatoms. The fourth-order valence-electron chi connectivity index (χ4n) is 3.13. The first-order valence-electron chi connectivity index (χ1n) is 8.62. The Kier molecular flexibility index (Phi) is 4.48. The molecule has 4 nitrogen and oxygen atoms in total. The molecule has 0 saturated heterocycles. The van der Waals surface area contributed by atoms with Crippen LogP contribution in [0.3, 0.4) is 0 Å². The highest BCUT2D eigenvalue weighted by Gasteiger charge is 2.10. The quantitative estimate of drug-likeness (QED) is 0.589. The molecule has 0 unspecified atom stereocenters. The van der Waals surface area contributed by atoms with Gasteiger partial charge in [0.2, 0.25) is 5.91 Å². The maximum atomic E-state index is 12.6. The van der Waals surface area contributed by atoms with E-state index >= 15 is 0 Å². The normalized spacial score (nSPS) is 10.8. The van der Waals surface area contributed by atoms with Crippen LogP contribution >= 0.6 is 0 Å². The Labute approximate surface area is 152 Å². The van der Waals surface area contributed by atoms with Gasteiger partial charge in [-0.3, -0.25) is 4.79 Å². The van der Waals surface area contributed by atoms with Gasteiger partial charge in [0.1, 0.15) is 5.82 Å². The zero-order chi connectivity index (χ0) is 17.8. The summed E-state index contributed by atoms with van der Waals surface area (Å²) in [5.74, 6) is 0.662. The third kappa shape index (κ3) is 3.49. The van der Waals surface area contributed by atoms with Gasteiger partial charge in [0.15, 0.2) is 0 Å². The lowest BCUT2D eigenvalue weighted by Gasteiger charge is -2.10. The summed E-state index contributed by atoms with van der Waals surface area (Å²) in [5, 5.41) is 9.57. The zero-order valence-corrected chi connectivity index (χ0v) is 14.3. The standard InChI is InChI=1S/C22H19N3O/c26-22(15-19-11-6-10-18-9-4-5-12-20(18)19)24-21-13-14-23-25(21)16-17-7-2-1-3-8-17/h1-14H,15-16H2,(H,24,26). The second-order valence-electron chi connectivity index (χ2n) is 6.22. The molecule has 0 atom stereocenters. The van der Waals surface area contributed by atoms with E-state index in [4.69, 9.17) is 0 Å². The van der Waals surface area contributed by atoms with Gasteiger partial charge in [-0.05, 0) is 21.9 Å². The Bertz CT molecular complexity index is 1030. The van der Waals surface area contributed by atoms with E-state index in [1.165, 1.54) is 0 Å². The van der Waals surface area contributed by atoms with Crippen molar-refractivity contribution in [1.29, 1.82) is 0 Å². The number of aromatic nitrogens is 2. The van der Waals surface area contributed by atoms with Crippen molar-refractivity contribution in [3.05, 3.63) is 96.2 Å². The summed E-state index contributed by atoms with van der Waals surface area (Å²) >= 11 is 0. The van der Waals surface area contributed by atoms with Crippen LogP contribution in [0, 0.1) is 0 Å². The second kappa shape index (κ2) is 7.23. The SMILES string of the molecule is O=C(Cc1cccc2ccccc12)Nc1ccnn1Cc1ccccc1. The molecule has 1 aromatic heterocycles. The predicted octanol–water partition coefficient (Wildman–Crippen LogP) is 4.27. The maximum absolute atomic E-state index is 12.6. The lowest BCUT2D eigenvalue weighted by atomic mass is 10.0. The Morgan fingerprint density at radius 2 is 1.65 bits per heavy atom. The van der Waals surface area contributed by atoms with Gasteiger partial charge in [0, 0.05) is 6.07 Å². The molecule has 0 fully saturated rings. The highest BCUT2D eigenvalue weighted by atomic mass is 16.1. The lowest BCUT2D eigenvalue weighted by molar-refractivity contribution is -0.115. The number of hydrogen-bond donors (Lipinski definition) is 1. The minimum atomic E-state index is -0.0452. The smallest absolute Gasteiger partial charge is 0.229 e. The summed E-state index contributed by atoms with van der Waals surface area (Å²) in [7, 11) is 0. The minimum absolute atomic E-state index is 0.0452. The topological polar surface area (TPSA) is 46.9 Å². The van der Waals surface area contributed by atoms with Crippen LogP contribution in [0.5, 0.6) is 0 Å². The average Bonchev–Trinajstić information content (AvgIpc) is 3.09. The van der Waals surface area contributed by atoms with E-state index in [-0.39, 0.29) is 5.91 Å². The summed E-state index contributed by atoms with van der Waals surface area (Å²) in [4.78, 5) is 12.6. The molecule has 0 aliphatic carbocycles. The summed E-state index contributed by atoms with van der Waals surface area (Å²) in [6, 6.07) is 26.1. The third-order valence-corrected chi connectivity index (χ3v) is 4.39. The molecule has 0 spiro atoms. The van der Waals surface area contributed by atoms with E-state index < -0.39 is 0 Å². The zero-order valence-electron chi connectivity index (χ0n) is 14.3. The van der Waals surface area contributed by atoms with E-state index in [2.05, 4.69) is 28.6 Å². The number of hydrogen-bond acceptors (Lipinski definition) is 2. The lowest BCUT2D eigenvalue weighted by Crippen LogP contribution is -2.18. The van der Waals surface area contributed by atoms with E-state index in [9.17, 15) is 4.79 Å². The molecule has 0 aliphatic heterocycles. The van der Waals surface area contributed by atoms with Crippen LogP contribution in [-0.4, -0.2) is 15.7 Å². The highest BCUT2D eigenvalue weighted by molar-refractivity contribution is 5.95. The van der Waals surface area contributed by atoms with Crippen LogP contribution < -0.4 is 5.32 Å². The number of benzene rings is 3. The fraction of sp³-hybridized carbons (Fsp3) is 0.0909. The molecule has 1 N–H and O–H groups in total. The van der Waals surface area contributed by atoms with Crippen molar-refractivity contribution < 1.29 is 4.79 Å². The number of amides is 1. The van der Waals surface area contributed by atoms with Gasteiger partial charge in [0.05, 0.1) is 19.2 Å². The van der Waals surface area contributed by atoms with Gasteiger partial charge < -0.3 is 5.32 Å². The number of fused-ring (bicyclic) bond motifs is 1. The van der Waals surface area contributed by atoms with Gasteiger partial charge >= 0.3 is 0 Å². The molecular weight excluding hydrogens is 322 g/mol. The number of carbonyl (C=O) groups excluding carboxylic acids is 1. The van der Waals surface area contributed by atoms with Crippen LogP contribution in [0.15, 0.2) is 85.1 Å². The van der Waals surface area contributed by atoms with Crippen LogP contribution in [0.25, 0.3) is 10.8 Å². The van der Waals surface area contributed by atoms with Crippen LogP contribution in [0.1, 0.15) is 11.1 Å². The van der Waals surface area contributed by atoms with Gasteiger partial charge in [-0.1, -0.05) is 72.8 Å². The van der Waals surface area contributed by atoms with Crippen molar-refractivity contribution in [3.63, 3.8) is 0 Å². The van der Waals surface area contributed by atoms with Gasteiger partial charge in [-0.2, -0.15) is 5.10 Å². The Hall–Kier alpha value is -3.40. The molecule has 128 valence electrons. The monoisotopic (exact) mass is 341 g/mol. The van der Waals surface area contributed by atoms with Crippen LogP contribution in [0.2, 0.25) is 0 Å². The van der Waals surface area contributed by atoms with E-state index in [1.54, 1.807) is 10.9 Å². The van der Waals surface area contributed by atoms with Crippen LogP contribution in [0.4, 0.5) is 5.82 Å². The molecule has 4 rings (SSSR count). The molecule has 0 aliphatic rings. The minimum Gasteiger partial charge on any atom is -0.311 e. The van der Waals surface area contributed by atoms with Crippen molar-refractivity contribution in [2.45, 2.75) is 13.0 Å². The Balaban J connectivity index is 1.50. The first-order valence-corrected chi connectivity index (χ1v) is 8.62. The number of rotatable bonds is 5. The number of nitrogens with zero attached hydrogens (tertiary/aromatic N) is 2. The summed E-state index contributed by atoms with van der Waals surface area (Å²) < 4.78 is 1.80. The van der Waals surface area contributed by atoms with Crippen molar-refractivity contribution in [2.75, 3.05) is 5.32 Å². The molecular formula is C22H19N3O. The Morgan fingerprint density at radius 1 is 0.885 bits per heavy atom. The largest absolute Gasteiger partial charge is 0.311 e. The fourth-order valence-corrected chi connectivity index (χ4v) is 3.13. The average molecular weight is 341 g/mol. The summed E-state index contributed by atoms with van der Waals surface area (Å²) in [6.45, 7) is 0.623. The molecule has 1 heterocycles. The summed E-state index contributed by atoms with van der Waals surface area (Å²) in [6.07, 6.45) is 2.04. The van der Waals surface area contributed by atoms with Crippen molar-refractivity contribution in [3.8, 4) is 0 Å². The number of nitrogens with one attached hydrogen (secondary N) is 1. The Morgan fingerprint density at radius 3 is 2.54 bits per heavy atom. The predicted molar refractivity (Wildman–Crippen MR) is 104 cm³/mol. The molecule has 4 aromatic rings. The van der Waals surface area contributed by atoms with Crippen LogP contribution in [-0.2, 0) is 17.8 Å². The first-order chi connectivity index (χ1) is 12.8. The second-order valence-corrected chi connectivity index (χ2v) is 6.22. The van der Waals surface area contributed by atoms with Gasteiger partial charge in [-0.25, -0.2) is 4.68 Å². The summed E-state index contributed by atoms with van der Waals surface area (Å²) in [5.41, 5.74) is 2.16. The number of anilines is 1. The molecule has 3 aromatic carbocycles. The molecule has 0 bridgehead atoms. The van der Waals surface area contributed by atoms with E-state index in [1.807, 2.05) is 60.7 Å². The molecule has 26 heavy (non-hydrogen) atoms. The third-order valence-electron chi connectivity index (χ3n) is 4.39. The number of carbonyl (C=O) groups is 1. The van der Waals surface area contributed by atoms with Crippen molar-refractivity contribution in [1.82, 2.24) is 9.78 Å². The van der Waals surface area contributed by atoms with Crippen molar-refractivity contribution >= 4 is 22.5 Å². The van der Waals surface area contributed by atoms with E-state index in [0.717, 1.165) is 21.9 Å². The van der Waals surface area contributed by atoms with Crippen molar-refractivity contribution in [2.24, 2.45) is 0 Å². The van der Waals surface area contributed by atoms with Gasteiger partial charge in [-0.15, -0.1) is 0 Å². The molecule has 0 radical (unpaired) electrons. The molecule has 0 saturated carbocycles.